The average Bonchev–Trinajstić information content (AvgIpc) is 3.18. The van der Waals surface area contributed by atoms with E-state index in [0.29, 0.717) is 5.41 Å². The van der Waals surface area contributed by atoms with Gasteiger partial charge in [-0.3, -0.25) is 0 Å². The van der Waals surface area contributed by atoms with Crippen LogP contribution < -0.4 is 0 Å². The van der Waals surface area contributed by atoms with E-state index in [0.717, 1.165) is 6.42 Å². The first-order valence-corrected chi connectivity index (χ1v) is 10.0. The second-order valence-electron chi connectivity index (χ2n) is 9.06. The van der Waals surface area contributed by atoms with Gasteiger partial charge in [0.1, 0.15) is 0 Å². The molecular weight excluding hydrogens is 491 g/mol. The number of aryl methyl sites for hydroxylation is 1. The summed E-state index contributed by atoms with van der Waals surface area (Å²) in [5.74, 6) is 0. The van der Waals surface area contributed by atoms with E-state index in [9.17, 15) is 0 Å². The minimum absolute atomic E-state index is 0. The molecule has 0 bridgehead atoms. The van der Waals surface area contributed by atoms with E-state index in [1.807, 2.05) is 0 Å². The van der Waals surface area contributed by atoms with Crippen molar-refractivity contribution in [1.82, 2.24) is 0 Å². The molecule has 0 N–H and O–H groups in total. The van der Waals surface area contributed by atoms with Crippen LogP contribution in [0.25, 0.3) is 10.8 Å². The van der Waals surface area contributed by atoms with Gasteiger partial charge in [0.2, 0.25) is 0 Å². The summed E-state index contributed by atoms with van der Waals surface area (Å²) in [6.07, 6.45) is 3.63. The SMILES string of the molecule is CC[c-]1ccc2cc3c(cc21)CC(C)(C)C3.Cc1c(C)c(C)[c-](C)c1C.[Hf]. The molecule has 0 aromatic heterocycles. The van der Waals surface area contributed by atoms with Crippen molar-refractivity contribution in [1.29, 1.82) is 0 Å². The molecule has 27 heavy (non-hydrogen) atoms. The van der Waals surface area contributed by atoms with Crippen LogP contribution in [0.3, 0.4) is 0 Å². The van der Waals surface area contributed by atoms with Crippen LogP contribution >= 0.6 is 0 Å². The minimum Gasteiger partial charge on any atom is -0.196 e. The van der Waals surface area contributed by atoms with Gasteiger partial charge in [-0.1, -0.05) is 72.9 Å². The largest absolute Gasteiger partial charge is 0.196 e. The van der Waals surface area contributed by atoms with Crippen LogP contribution in [0.1, 0.15) is 65.3 Å². The molecule has 1 aliphatic carbocycles. The maximum absolute atomic E-state index is 2.44. The summed E-state index contributed by atoms with van der Waals surface area (Å²) in [4.78, 5) is 0. The third kappa shape index (κ3) is 4.24. The van der Waals surface area contributed by atoms with Crippen LogP contribution in [0, 0.1) is 40.0 Å². The van der Waals surface area contributed by atoms with Crippen molar-refractivity contribution in [2.75, 3.05) is 0 Å². The van der Waals surface area contributed by atoms with Gasteiger partial charge in [-0.25, -0.2) is 0 Å². The van der Waals surface area contributed by atoms with E-state index in [1.165, 1.54) is 57.0 Å². The number of rotatable bonds is 1. The van der Waals surface area contributed by atoms with Gasteiger partial charge in [-0.2, -0.15) is 33.9 Å². The first kappa shape index (κ1) is 22.3. The van der Waals surface area contributed by atoms with Gasteiger partial charge in [0.15, 0.2) is 0 Å². The number of benzene rings is 1. The topological polar surface area (TPSA) is 0 Å². The third-order valence-corrected chi connectivity index (χ3v) is 6.71. The number of hydrogen-bond acceptors (Lipinski definition) is 0. The zero-order chi connectivity index (χ0) is 19.2. The Labute approximate surface area is 184 Å². The van der Waals surface area contributed by atoms with Crippen molar-refractivity contribution in [3.05, 3.63) is 68.8 Å². The Morgan fingerprint density at radius 1 is 0.926 bits per heavy atom. The van der Waals surface area contributed by atoms with Crippen molar-refractivity contribution in [2.24, 2.45) is 5.41 Å². The van der Waals surface area contributed by atoms with Crippen molar-refractivity contribution in [3.63, 3.8) is 0 Å². The Morgan fingerprint density at radius 3 is 1.89 bits per heavy atom. The van der Waals surface area contributed by atoms with Crippen LogP contribution in [-0.4, -0.2) is 0 Å². The molecule has 0 heterocycles. The molecule has 0 spiro atoms. The second kappa shape index (κ2) is 8.19. The molecule has 0 atom stereocenters. The molecule has 0 radical (unpaired) electrons. The summed E-state index contributed by atoms with van der Waals surface area (Å²) in [6, 6.07) is 9.42. The molecule has 0 aliphatic heterocycles. The maximum atomic E-state index is 2.44. The van der Waals surface area contributed by atoms with Crippen LogP contribution in [-0.2, 0) is 45.1 Å². The molecule has 4 rings (SSSR count). The van der Waals surface area contributed by atoms with Gasteiger partial charge in [0.05, 0.1) is 0 Å². The van der Waals surface area contributed by atoms with E-state index < -0.39 is 0 Å². The Bertz CT molecular complexity index is 866. The fourth-order valence-corrected chi connectivity index (χ4v) is 4.54. The van der Waals surface area contributed by atoms with Crippen LogP contribution in [0.2, 0.25) is 0 Å². The molecule has 3 aromatic rings. The third-order valence-electron chi connectivity index (χ3n) is 6.71. The van der Waals surface area contributed by atoms with Gasteiger partial charge >= 0.3 is 0 Å². The summed E-state index contributed by atoms with van der Waals surface area (Å²) in [7, 11) is 0. The summed E-state index contributed by atoms with van der Waals surface area (Å²) in [5, 5.41) is 2.92. The van der Waals surface area contributed by atoms with E-state index in [-0.39, 0.29) is 25.8 Å². The monoisotopic (exact) mass is 526 g/mol. The molecule has 1 heteroatoms. The van der Waals surface area contributed by atoms with Crippen LogP contribution in [0.5, 0.6) is 0 Å². The quantitative estimate of drug-likeness (QED) is 0.233. The summed E-state index contributed by atoms with van der Waals surface area (Å²) in [6.45, 7) is 18.0. The minimum atomic E-state index is 0. The zero-order valence-electron chi connectivity index (χ0n) is 18.4. The van der Waals surface area contributed by atoms with Gasteiger partial charge in [0.25, 0.3) is 0 Å². The molecule has 0 fully saturated rings. The standard InChI is InChI=1S/C16H19.C10H15.Hf/c1-4-11-5-6-12-7-13-9-16(2,3)10-14(13)8-15(11)12;1-6-7(2)9(4)10(5)8(6)3;/h5-8H,4,9-10H2,1-3H3;1-5H3;/q2*-1;. The van der Waals surface area contributed by atoms with Gasteiger partial charge in [-0.05, 0) is 18.3 Å². The fourth-order valence-electron chi connectivity index (χ4n) is 4.54. The average molecular weight is 525 g/mol. The first-order chi connectivity index (χ1) is 12.1. The number of fused-ring (bicyclic) bond motifs is 2. The zero-order valence-corrected chi connectivity index (χ0v) is 22.0. The van der Waals surface area contributed by atoms with Gasteiger partial charge < -0.3 is 0 Å². The van der Waals surface area contributed by atoms with Crippen LogP contribution in [0.4, 0.5) is 0 Å². The first-order valence-electron chi connectivity index (χ1n) is 10.0. The smallest absolute Gasteiger partial charge is 0 e. The second-order valence-corrected chi connectivity index (χ2v) is 9.06. The van der Waals surface area contributed by atoms with E-state index in [2.05, 4.69) is 79.7 Å². The molecule has 3 aromatic carbocycles. The molecule has 0 saturated carbocycles. The molecule has 0 nitrogen and oxygen atoms in total. The summed E-state index contributed by atoms with van der Waals surface area (Å²) in [5.41, 5.74) is 12.5. The van der Waals surface area contributed by atoms with Crippen molar-refractivity contribution in [3.8, 4) is 0 Å². The van der Waals surface area contributed by atoms with Gasteiger partial charge in [-0.15, -0.1) is 34.5 Å². The van der Waals surface area contributed by atoms with Crippen molar-refractivity contribution in [2.45, 2.75) is 74.7 Å². The molecule has 1 aliphatic rings. The van der Waals surface area contributed by atoms with Gasteiger partial charge in [0, 0.05) is 25.8 Å². The Balaban J connectivity index is 0.000000208. The van der Waals surface area contributed by atoms with E-state index in [4.69, 9.17) is 0 Å². The fraction of sp³-hybridized carbons (Fsp3) is 0.462. The number of hydrogen-bond donors (Lipinski definition) is 0. The van der Waals surface area contributed by atoms with Crippen LogP contribution in [0.15, 0.2) is 24.3 Å². The van der Waals surface area contributed by atoms with Crippen molar-refractivity contribution < 1.29 is 25.8 Å². The molecule has 0 amide bonds. The molecular formula is C26H34Hf-2. The van der Waals surface area contributed by atoms with E-state index >= 15 is 0 Å². The summed E-state index contributed by atoms with van der Waals surface area (Å²) >= 11 is 0. The van der Waals surface area contributed by atoms with Crippen molar-refractivity contribution >= 4 is 10.8 Å². The Kier molecular flexibility index (Phi) is 6.78. The predicted molar refractivity (Wildman–Crippen MR) is 116 cm³/mol. The Hall–Kier alpha value is -0.950. The predicted octanol–water partition coefficient (Wildman–Crippen LogP) is 7.19. The molecule has 0 unspecified atom stereocenters. The Morgan fingerprint density at radius 2 is 1.44 bits per heavy atom. The van der Waals surface area contributed by atoms with E-state index in [1.54, 1.807) is 11.1 Å². The summed E-state index contributed by atoms with van der Waals surface area (Å²) < 4.78 is 0. The molecule has 144 valence electrons. The maximum Gasteiger partial charge on any atom is 0 e. The molecule has 0 saturated heterocycles. The normalized spacial score (nSPS) is 14.5.